The van der Waals surface area contributed by atoms with E-state index in [4.69, 9.17) is 4.74 Å². The summed E-state index contributed by atoms with van der Waals surface area (Å²) >= 11 is 0. The number of carbonyl (C=O) groups is 1. The van der Waals surface area contributed by atoms with Crippen molar-refractivity contribution in [2.24, 2.45) is 13.0 Å². The van der Waals surface area contributed by atoms with Gasteiger partial charge in [0.25, 0.3) is 0 Å². The molecule has 3 rings (SSSR count). The molecule has 2 aromatic rings. The Kier molecular flexibility index (Phi) is 4.66. The van der Waals surface area contributed by atoms with E-state index in [-0.39, 0.29) is 29.8 Å². The molecule has 0 bridgehead atoms. The highest BCUT2D eigenvalue weighted by Gasteiger charge is 2.37. The third kappa shape index (κ3) is 3.19. The lowest BCUT2D eigenvalue weighted by atomic mass is 9.97. The highest BCUT2D eigenvalue weighted by molar-refractivity contribution is 5.80. The maximum Gasteiger partial charge on any atom is 0.226 e. The van der Waals surface area contributed by atoms with Crippen LogP contribution in [-0.2, 0) is 16.6 Å². The van der Waals surface area contributed by atoms with Gasteiger partial charge in [0.1, 0.15) is 17.7 Å². The minimum Gasteiger partial charge on any atom is -0.369 e. The van der Waals surface area contributed by atoms with Crippen LogP contribution in [0.1, 0.15) is 42.4 Å². The molecule has 0 spiro atoms. The number of hydrogen-bond donors (Lipinski definition) is 1. The molecule has 1 amide bonds. The van der Waals surface area contributed by atoms with Gasteiger partial charge in [0, 0.05) is 26.0 Å². The molecule has 1 aliphatic rings. The molecule has 0 saturated carbocycles. The molecule has 3 atom stereocenters. The number of rotatable bonds is 4. The van der Waals surface area contributed by atoms with Gasteiger partial charge in [-0.1, -0.05) is 6.07 Å². The Morgan fingerprint density at radius 2 is 2.29 bits per heavy atom. The number of amides is 1. The van der Waals surface area contributed by atoms with E-state index in [2.05, 4.69) is 10.3 Å². The monoisotopic (exact) mass is 331 g/mol. The average molecular weight is 331 g/mol. The number of aromatic nitrogens is 2. The number of imidazole rings is 1. The molecule has 1 aromatic carbocycles. The van der Waals surface area contributed by atoms with Gasteiger partial charge < -0.3 is 14.6 Å². The van der Waals surface area contributed by atoms with Crippen LogP contribution in [0.4, 0.5) is 4.39 Å². The van der Waals surface area contributed by atoms with Gasteiger partial charge in [-0.15, -0.1) is 0 Å². The molecular weight excluding hydrogens is 309 g/mol. The Balaban J connectivity index is 1.73. The van der Waals surface area contributed by atoms with Gasteiger partial charge in [-0.25, -0.2) is 9.37 Å². The predicted octanol–water partition coefficient (Wildman–Crippen LogP) is 2.82. The first kappa shape index (κ1) is 16.6. The van der Waals surface area contributed by atoms with E-state index in [9.17, 15) is 9.18 Å². The van der Waals surface area contributed by atoms with Crippen molar-refractivity contribution in [3.05, 3.63) is 53.4 Å². The Bertz CT molecular complexity index is 744. The molecule has 5 nitrogen and oxygen atoms in total. The van der Waals surface area contributed by atoms with Gasteiger partial charge in [0.15, 0.2) is 0 Å². The smallest absolute Gasteiger partial charge is 0.226 e. The zero-order valence-corrected chi connectivity index (χ0v) is 14.1. The van der Waals surface area contributed by atoms with Crippen LogP contribution < -0.4 is 5.32 Å². The first-order valence-corrected chi connectivity index (χ1v) is 8.12. The average Bonchev–Trinajstić information content (AvgIpc) is 3.15. The third-order valence-electron chi connectivity index (χ3n) is 4.60. The van der Waals surface area contributed by atoms with E-state index in [1.807, 2.05) is 31.7 Å². The van der Waals surface area contributed by atoms with Gasteiger partial charge in [-0.3, -0.25) is 4.79 Å². The van der Waals surface area contributed by atoms with Crippen molar-refractivity contribution in [1.29, 1.82) is 0 Å². The topological polar surface area (TPSA) is 56.1 Å². The van der Waals surface area contributed by atoms with Gasteiger partial charge in [0.2, 0.25) is 5.91 Å². The number of hydrogen-bond acceptors (Lipinski definition) is 3. The third-order valence-corrected chi connectivity index (χ3v) is 4.60. The van der Waals surface area contributed by atoms with Crippen LogP contribution in [0.3, 0.4) is 0 Å². The molecule has 1 aliphatic heterocycles. The molecule has 1 saturated heterocycles. The summed E-state index contributed by atoms with van der Waals surface area (Å²) in [6.07, 6.45) is 3.89. The lowest BCUT2D eigenvalue weighted by Gasteiger charge is -2.22. The fourth-order valence-corrected chi connectivity index (χ4v) is 3.29. The van der Waals surface area contributed by atoms with E-state index in [1.54, 1.807) is 12.3 Å². The highest BCUT2D eigenvalue weighted by Crippen LogP contribution is 2.34. The SMILES string of the molecule is Cc1cc(F)ccc1[C@H](C)NC(=O)[C@@H]1CCO[C@H]1c1nccn1C. The molecular formula is C18H22FN3O2. The summed E-state index contributed by atoms with van der Waals surface area (Å²) in [5, 5.41) is 3.03. The molecule has 1 fully saturated rings. The Morgan fingerprint density at radius 3 is 2.96 bits per heavy atom. The second kappa shape index (κ2) is 6.73. The van der Waals surface area contributed by atoms with Crippen molar-refractivity contribution in [1.82, 2.24) is 14.9 Å². The van der Waals surface area contributed by atoms with Crippen molar-refractivity contribution in [3.63, 3.8) is 0 Å². The van der Waals surface area contributed by atoms with E-state index >= 15 is 0 Å². The summed E-state index contributed by atoms with van der Waals surface area (Å²) in [6, 6.07) is 4.42. The highest BCUT2D eigenvalue weighted by atomic mass is 19.1. The van der Waals surface area contributed by atoms with Gasteiger partial charge in [-0.2, -0.15) is 0 Å². The van der Waals surface area contributed by atoms with Crippen molar-refractivity contribution in [3.8, 4) is 0 Å². The summed E-state index contributed by atoms with van der Waals surface area (Å²) < 4.78 is 20.9. The first-order chi connectivity index (χ1) is 11.5. The van der Waals surface area contributed by atoms with Crippen molar-refractivity contribution in [2.45, 2.75) is 32.4 Å². The van der Waals surface area contributed by atoms with Gasteiger partial charge >= 0.3 is 0 Å². The Labute approximate surface area is 140 Å². The van der Waals surface area contributed by atoms with Crippen LogP contribution in [0.2, 0.25) is 0 Å². The van der Waals surface area contributed by atoms with Crippen LogP contribution in [0, 0.1) is 18.7 Å². The van der Waals surface area contributed by atoms with Gasteiger partial charge in [0.05, 0.1) is 12.0 Å². The van der Waals surface area contributed by atoms with E-state index in [0.29, 0.717) is 13.0 Å². The molecule has 0 unspecified atom stereocenters. The minimum atomic E-state index is -0.327. The van der Waals surface area contributed by atoms with Crippen molar-refractivity contribution in [2.75, 3.05) is 6.61 Å². The van der Waals surface area contributed by atoms with E-state index in [1.165, 1.54) is 12.1 Å². The molecule has 128 valence electrons. The standard InChI is InChI=1S/C18H22FN3O2/c1-11-10-13(19)4-5-14(11)12(2)21-18(23)15-6-9-24-16(15)17-20-7-8-22(17)3/h4-5,7-8,10,12,15-16H,6,9H2,1-3H3,(H,21,23)/t12-,15+,16+/m0/s1. The summed E-state index contributed by atoms with van der Waals surface area (Å²) in [4.78, 5) is 17.0. The Morgan fingerprint density at radius 1 is 1.50 bits per heavy atom. The largest absolute Gasteiger partial charge is 0.369 e. The maximum absolute atomic E-state index is 13.3. The lowest BCUT2D eigenvalue weighted by Crippen LogP contribution is -2.35. The maximum atomic E-state index is 13.3. The minimum absolute atomic E-state index is 0.0586. The zero-order chi connectivity index (χ0) is 17.3. The number of ether oxygens (including phenoxy) is 1. The predicted molar refractivity (Wildman–Crippen MR) is 87.7 cm³/mol. The first-order valence-electron chi connectivity index (χ1n) is 8.12. The summed E-state index contributed by atoms with van der Waals surface area (Å²) in [7, 11) is 1.89. The zero-order valence-electron chi connectivity index (χ0n) is 14.1. The van der Waals surface area contributed by atoms with Crippen molar-refractivity contribution >= 4 is 5.91 Å². The molecule has 0 aliphatic carbocycles. The fraction of sp³-hybridized carbons (Fsp3) is 0.444. The van der Waals surface area contributed by atoms with E-state index in [0.717, 1.165) is 17.0 Å². The Hall–Kier alpha value is -2.21. The molecule has 1 N–H and O–H groups in total. The number of nitrogens with zero attached hydrogens (tertiary/aromatic N) is 2. The number of benzene rings is 1. The van der Waals surface area contributed by atoms with Crippen molar-refractivity contribution < 1.29 is 13.9 Å². The summed E-state index contributed by atoms with van der Waals surface area (Å²) in [5.74, 6) is 0.165. The quantitative estimate of drug-likeness (QED) is 0.937. The van der Waals surface area contributed by atoms with Crippen LogP contribution in [0.5, 0.6) is 0 Å². The molecule has 2 heterocycles. The van der Waals surface area contributed by atoms with Gasteiger partial charge in [-0.05, 0) is 43.5 Å². The summed E-state index contributed by atoms with van der Waals surface area (Å²) in [6.45, 7) is 4.29. The van der Waals surface area contributed by atoms with Crippen LogP contribution >= 0.6 is 0 Å². The number of halogens is 1. The molecule has 6 heteroatoms. The van der Waals surface area contributed by atoms with Crippen LogP contribution in [0.25, 0.3) is 0 Å². The van der Waals surface area contributed by atoms with E-state index < -0.39 is 0 Å². The molecule has 1 aromatic heterocycles. The second-order valence-corrected chi connectivity index (χ2v) is 6.31. The molecule has 24 heavy (non-hydrogen) atoms. The number of aryl methyl sites for hydroxylation is 2. The fourth-order valence-electron chi connectivity index (χ4n) is 3.29. The normalized spacial score (nSPS) is 21.7. The van der Waals surface area contributed by atoms with Crippen LogP contribution in [-0.4, -0.2) is 22.1 Å². The second-order valence-electron chi connectivity index (χ2n) is 6.31. The lowest BCUT2D eigenvalue weighted by molar-refractivity contribution is -0.127. The number of nitrogens with one attached hydrogen (secondary N) is 1. The molecule has 0 radical (unpaired) electrons. The summed E-state index contributed by atoms with van der Waals surface area (Å²) in [5.41, 5.74) is 1.74. The van der Waals surface area contributed by atoms with Crippen LogP contribution in [0.15, 0.2) is 30.6 Å². The number of carbonyl (C=O) groups excluding carboxylic acids is 1.